The van der Waals surface area contributed by atoms with E-state index in [1.54, 1.807) is 18.2 Å². The summed E-state index contributed by atoms with van der Waals surface area (Å²) in [4.78, 5) is 28.5. The van der Waals surface area contributed by atoms with Crippen molar-refractivity contribution < 1.29 is 14.7 Å². The van der Waals surface area contributed by atoms with Gasteiger partial charge in [-0.1, -0.05) is 20.3 Å². The number of amides is 1. The molecule has 0 aliphatic carbocycles. The SMILES string of the molecule is CCC(C)C(NC(=O)c1c(C)nc2c(Br)cc(C)cn12)C(=O)O. The first-order valence-corrected chi connectivity index (χ1v) is 8.24. The molecule has 2 heterocycles. The van der Waals surface area contributed by atoms with Gasteiger partial charge in [-0.2, -0.15) is 0 Å². The molecule has 1 amide bonds. The Labute approximate surface area is 143 Å². The van der Waals surface area contributed by atoms with Gasteiger partial charge in [0.2, 0.25) is 0 Å². The Morgan fingerprint density at radius 3 is 2.65 bits per heavy atom. The van der Waals surface area contributed by atoms with E-state index in [1.165, 1.54) is 0 Å². The maximum atomic E-state index is 12.6. The fourth-order valence-corrected chi connectivity index (χ4v) is 3.15. The standard InChI is InChI=1S/C16H20BrN3O3/c1-5-9(3)12(16(22)23)19-15(21)13-10(4)18-14-11(17)6-8(2)7-20(13)14/h6-7,9,12H,5H2,1-4H3,(H,19,21)(H,22,23). The first kappa shape index (κ1) is 17.5. The number of rotatable bonds is 5. The molecule has 2 N–H and O–H groups in total. The summed E-state index contributed by atoms with van der Waals surface area (Å²) in [5.74, 6) is -1.62. The lowest BCUT2D eigenvalue weighted by atomic mass is 9.99. The van der Waals surface area contributed by atoms with Gasteiger partial charge < -0.3 is 10.4 Å². The van der Waals surface area contributed by atoms with Crippen LogP contribution in [-0.4, -0.2) is 32.4 Å². The number of carbonyl (C=O) groups is 2. The molecule has 2 atom stereocenters. The van der Waals surface area contributed by atoms with Gasteiger partial charge in [0, 0.05) is 6.20 Å². The average Bonchev–Trinajstić information content (AvgIpc) is 2.80. The Morgan fingerprint density at radius 1 is 1.43 bits per heavy atom. The first-order valence-electron chi connectivity index (χ1n) is 7.44. The number of halogens is 1. The van der Waals surface area contributed by atoms with Gasteiger partial charge in [-0.25, -0.2) is 9.78 Å². The summed E-state index contributed by atoms with van der Waals surface area (Å²) in [6, 6.07) is 0.994. The minimum Gasteiger partial charge on any atom is -0.480 e. The lowest BCUT2D eigenvalue weighted by molar-refractivity contribution is -0.140. The van der Waals surface area contributed by atoms with Crippen LogP contribution in [0.1, 0.15) is 42.0 Å². The molecule has 2 rings (SSSR count). The zero-order chi connectivity index (χ0) is 17.3. The van der Waals surface area contributed by atoms with Gasteiger partial charge in [-0.05, 0) is 47.3 Å². The molecule has 0 spiro atoms. The number of carboxylic acids is 1. The van der Waals surface area contributed by atoms with Crippen LogP contribution in [0, 0.1) is 19.8 Å². The third-order valence-corrected chi connectivity index (χ3v) is 4.55. The Morgan fingerprint density at radius 2 is 2.09 bits per heavy atom. The van der Waals surface area contributed by atoms with E-state index in [-0.39, 0.29) is 5.92 Å². The van der Waals surface area contributed by atoms with Crippen LogP contribution >= 0.6 is 15.9 Å². The zero-order valence-electron chi connectivity index (χ0n) is 13.6. The summed E-state index contributed by atoms with van der Waals surface area (Å²) in [6.07, 6.45) is 2.47. The van der Waals surface area contributed by atoms with Gasteiger partial charge in [0.15, 0.2) is 5.65 Å². The van der Waals surface area contributed by atoms with E-state index in [0.29, 0.717) is 23.5 Å². The van der Waals surface area contributed by atoms with Crippen LogP contribution < -0.4 is 5.32 Å². The number of hydrogen-bond acceptors (Lipinski definition) is 3. The Bertz CT molecular complexity index is 770. The van der Waals surface area contributed by atoms with Crippen LogP contribution in [0.3, 0.4) is 0 Å². The van der Waals surface area contributed by atoms with Crippen molar-refractivity contribution in [2.24, 2.45) is 5.92 Å². The van der Waals surface area contributed by atoms with E-state index in [2.05, 4.69) is 26.2 Å². The second kappa shape index (κ2) is 6.70. The van der Waals surface area contributed by atoms with E-state index in [1.807, 2.05) is 26.1 Å². The number of nitrogens with zero attached hydrogens (tertiary/aromatic N) is 2. The molecule has 124 valence electrons. The molecular weight excluding hydrogens is 362 g/mol. The van der Waals surface area contributed by atoms with Crippen LogP contribution in [0.4, 0.5) is 0 Å². The van der Waals surface area contributed by atoms with Crippen molar-refractivity contribution in [3.8, 4) is 0 Å². The predicted octanol–water partition coefficient (Wildman–Crippen LogP) is 2.94. The van der Waals surface area contributed by atoms with Crippen LogP contribution in [0.5, 0.6) is 0 Å². The molecule has 0 radical (unpaired) electrons. The summed E-state index contributed by atoms with van der Waals surface area (Å²) in [5, 5.41) is 12.0. The van der Waals surface area contributed by atoms with Crippen molar-refractivity contribution in [3.63, 3.8) is 0 Å². The van der Waals surface area contributed by atoms with Gasteiger partial charge in [-0.15, -0.1) is 0 Å². The number of nitrogens with one attached hydrogen (secondary N) is 1. The molecular formula is C16H20BrN3O3. The molecule has 6 nitrogen and oxygen atoms in total. The number of hydrogen-bond donors (Lipinski definition) is 2. The molecule has 2 unspecified atom stereocenters. The third-order valence-electron chi connectivity index (χ3n) is 3.97. The maximum Gasteiger partial charge on any atom is 0.326 e. The maximum absolute atomic E-state index is 12.6. The van der Waals surface area contributed by atoms with Gasteiger partial charge in [-0.3, -0.25) is 9.20 Å². The van der Waals surface area contributed by atoms with E-state index in [9.17, 15) is 14.7 Å². The Kier molecular flexibility index (Phi) is 5.09. The van der Waals surface area contributed by atoms with Crippen molar-refractivity contribution in [2.75, 3.05) is 0 Å². The summed E-state index contributed by atoms with van der Waals surface area (Å²) < 4.78 is 2.48. The highest BCUT2D eigenvalue weighted by atomic mass is 79.9. The zero-order valence-corrected chi connectivity index (χ0v) is 15.1. The smallest absolute Gasteiger partial charge is 0.326 e. The highest BCUT2D eigenvalue weighted by molar-refractivity contribution is 9.10. The molecule has 0 fully saturated rings. The topological polar surface area (TPSA) is 83.7 Å². The van der Waals surface area contributed by atoms with Gasteiger partial charge in [0.25, 0.3) is 5.91 Å². The molecule has 7 heteroatoms. The number of carboxylic acid groups (broad SMARTS) is 1. The molecule has 2 aromatic heterocycles. The summed E-state index contributed by atoms with van der Waals surface area (Å²) in [5.41, 5.74) is 2.52. The first-order chi connectivity index (χ1) is 10.8. The molecule has 0 aliphatic rings. The van der Waals surface area contributed by atoms with Crippen LogP contribution in [-0.2, 0) is 4.79 Å². The highest BCUT2D eigenvalue weighted by Gasteiger charge is 2.28. The Hall–Kier alpha value is -1.89. The summed E-state index contributed by atoms with van der Waals surface area (Å²) in [6.45, 7) is 7.36. The van der Waals surface area contributed by atoms with Gasteiger partial charge in [0.05, 0.1) is 10.2 Å². The minimum atomic E-state index is -1.03. The van der Waals surface area contributed by atoms with Crippen LogP contribution in [0.25, 0.3) is 5.65 Å². The largest absolute Gasteiger partial charge is 0.480 e. The van der Waals surface area contributed by atoms with Crippen molar-refractivity contribution in [1.82, 2.24) is 14.7 Å². The molecule has 0 saturated carbocycles. The Balaban J connectivity index is 2.45. The molecule has 0 aromatic carbocycles. The summed E-state index contributed by atoms with van der Waals surface area (Å²) >= 11 is 3.44. The van der Waals surface area contributed by atoms with Gasteiger partial charge in [0.1, 0.15) is 11.7 Å². The second-order valence-corrected chi connectivity index (χ2v) is 6.63. The monoisotopic (exact) mass is 381 g/mol. The molecule has 0 saturated heterocycles. The van der Waals surface area contributed by atoms with E-state index < -0.39 is 17.9 Å². The van der Waals surface area contributed by atoms with Crippen LogP contribution in [0.2, 0.25) is 0 Å². The molecule has 0 aliphatic heterocycles. The predicted molar refractivity (Wildman–Crippen MR) is 90.7 cm³/mol. The van der Waals surface area contributed by atoms with Crippen molar-refractivity contribution in [3.05, 3.63) is 33.7 Å². The van der Waals surface area contributed by atoms with E-state index in [4.69, 9.17) is 0 Å². The van der Waals surface area contributed by atoms with Crippen molar-refractivity contribution >= 4 is 33.5 Å². The van der Waals surface area contributed by atoms with Crippen molar-refractivity contribution in [1.29, 1.82) is 0 Å². The normalized spacial score (nSPS) is 13.8. The molecule has 0 bridgehead atoms. The highest BCUT2D eigenvalue weighted by Crippen LogP contribution is 2.22. The van der Waals surface area contributed by atoms with Gasteiger partial charge >= 0.3 is 5.97 Å². The third kappa shape index (κ3) is 3.39. The lowest BCUT2D eigenvalue weighted by Gasteiger charge is -2.20. The quantitative estimate of drug-likeness (QED) is 0.833. The fourth-order valence-electron chi connectivity index (χ4n) is 2.51. The summed E-state index contributed by atoms with van der Waals surface area (Å²) in [7, 11) is 0. The lowest BCUT2D eigenvalue weighted by Crippen LogP contribution is -2.45. The number of imidazole rings is 1. The number of aryl methyl sites for hydroxylation is 2. The average molecular weight is 382 g/mol. The van der Waals surface area contributed by atoms with Crippen molar-refractivity contribution in [2.45, 2.75) is 40.2 Å². The second-order valence-electron chi connectivity index (χ2n) is 5.78. The molecule has 23 heavy (non-hydrogen) atoms. The van der Waals surface area contributed by atoms with Crippen LogP contribution in [0.15, 0.2) is 16.7 Å². The van der Waals surface area contributed by atoms with E-state index in [0.717, 1.165) is 10.0 Å². The number of pyridine rings is 1. The number of carbonyl (C=O) groups excluding carboxylic acids is 1. The molecule has 2 aromatic rings. The number of fused-ring (bicyclic) bond motifs is 1. The fraction of sp³-hybridized carbons (Fsp3) is 0.438. The van der Waals surface area contributed by atoms with E-state index >= 15 is 0 Å². The number of aliphatic carboxylic acids is 1. The minimum absolute atomic E-state index is 0.163. The number of aromatic nitrogens is 2.